The van der Waals surface area contributed by atoms with Gasteiger partial charge in [-0.2, -0.15) is 0 Å². The zero-order valence-electron chi connectivity index (χ0n) is 8.19. The second-order valence-corrected chi connectivity index (χ2v) is 4.41. The van der Waals surface area contributed by atoms with Crippen molar-refractivity contribution in [3.63, 3.8) is 0 Å². The summed E-state index contributed by atoms with van der Waals surface area (Å²) in [5.74, 6) is 0. The first kappa shape index (κ1) is 10.5. The molecule has 0 radical (unpaired) electrons. The Morgan fingerprint density at radius 3 is 2.53 bits per heavy atom. The summed E-state index contributed by atoms with van der Waals surface area (Å²) in [4.78, 5) is 0. The topological polar surface area (TPSA) is 39.2 Å². The van der Waals surface area contributed by atoms with Gasteiger partial charge in [-0.1, -0.05) is 28.1 Å². The van der Waals surface area contributed by atoms with E-state index in [2.05, 4.69) is 28.1 Å². The smallest absolute Gasteiger partial charge is 0.0950 e. The summed E-state index contributed by atoms with van der Waals surface area (Å²) < 4.78 is 6.09. The van der Waals surface area contributed by atoms with Crippen LogP contribution >= 0.6 is 15.9 Å². The van der Waals surface area contributed by atoms with E-state index >= 15 is 0 Å². The van der Waals surface area contributed by atoms with Gasteiger partial charge in [0.25, 0.3) is 0 Å². The SMILES string of the molecule is NC(Cc1ccc(Br)cc1)c1ccoc1. The fraction of sp³-hybridized carbons (Fsp3) is 0.167. The molecule has 3 heteroatoms. The van der Waals surface area contributed by atoms with E-state index in [0.29, 0.717) is 0 Å². The van der Waals surface area contributed by atoms with Crippen molar-refractivity contribution in [3.8, 4) is 0 Å². The van der Waals surface area contributed by atoms with Crippen LogP contribution in [0, 0.1) is 0 Å². The Morgan fingerprint density at radius 1 is 1.20 bits per heavy atom. The van der Waals surface area contributed by atoms with Gasteiger partial charge in [-0.3, -0.25) is 0 Å². The summed E-state index contributed by atoms with van der Waals surface area (Å²) in [5.41, 5.74) is 8.31. The van der Waals surface area contributed by atoms with Gasteiger partial charge in [0.15, 0.2) is 0 Å². The standard InChI is InChI=1S/C12H12BrNO/c13-11-3-1-9(2-4-11)7-12(14)10-5-6-15-8-10/h1-6,8,12H,7,14H2. The predicted octanol–water partition coefficient (Wildman–Crippen LogP) is 3.28. The Bertz CT molecular complexity index is 408. The summed E-state index contributed by atoms with van der Waals surface area (Å²) in [6.07, 6.45) is 4.17. The quantitative estimate of drug-likeness (QED) is 0.925. The molecule has 0 saturated heterocycles. The minimum atomic E-state index is 0.00456. The number of furan rings is 1. The third-order valence-electron chi connectivity index (χ3n) is 2.34. The highest BCUT2D eigenvalue weighted by Crippen LogP contribution is 2.18. The van der Waals surface area contributed by atoms with Crippen LogP contribution in [0.3, 0.4) is 0 Å². The Kier molecular flexibility index (Phi) is 3.23. The molecule has 2 nitrogen and oxygen atoms in total. The van der Waals surface area contributed by atoms with Gasteiger partial charge in [0.2, 0.25) is 0 Å². The van der Waals surface area contributed by atoms with Crippen LogP contribution in [0.5, 0.6) is 0 Å². The molecule has 2 N–H and O–H groups in total. The molecule has 0 bridgehead atoms. The van der Waals surface area contributed by atoms with Gasteiger partial charge < -0.3 is 10.2 Å². The molecule has 0 saturated carbocycles. The molecule has 1 unspecified atom stereocenters. The molecular weight excluding hydrogens is 254 g/mol. The lowest BCUT2D eigenvalue weighted by atomic mass is 10.0. The van der Waals surface area contributed by atoms with Gasteiger partial charge >= 0.3 is 0 Å². The fourth-order valence-electron chi connectivity index (χ4n) is 1.48. The largest absolute Gasteiger partial charge is 0.472 e. The Balaban J connectivity index is 2.06. The number of halogens is 1. The van der Waals surface area contributed by atoms with Crippen LogP contribution in [-0.4, -0.2) is 0 Å². The van der Waals surface area contributed by atoms with Gasteiger partial charge in [-0.15, -0.1) is 0 Å². The second-order valence-electron chi connectivity index (χ2n) is 3.49. The van der Waals surface area contributed by atoms with E-state index in [1.807, 2.05) is 18.2 Å². The third-order valence-corrected chi connectivity index (χ3v) is 2.87. The van der Waals surface area contributed by atoms with Crippen molar-refractivity contribution in [1.82, 2.24) is 0 Å². The summed E-state index contributed by atoms with van der Waals surface area (Å²) in [7, 11) is 0. The van der Waals surface area contributed by atoms with E-state index in [9.17, 15) is 0 Å². The van der Waals surface area contributed by atoms with E-state index < -0.39 is 0 Å². The van der Waals surface area contributed by atoms with E-state index in [1.165, 1.54) is 5.56 Å². The second kappa shape index (κ2) is 4.64. The highest BCUT2D eigenvalue weighted by atomic mass is 79.9. The number of benzene rings is 1. The first-order valence-electron chi connectivity index (χ1n) is 4.78. The molecule has 2 rings (SSSR count). The highest BCUT2D eigenvalue weighted by Gasteiger charge is 2.07. The predicted molar refractivity (Wildman–Crippen MR) is 63.5 cm³/mol. The summed E-state index contributed by atoms with van der Waals surface area (Å²) in [6.45, 7) is 0. The average molecular weight is 266 g/mol. The van der Waals surface area contributed by atoms with Crippen LogP contribution in [0.25, 0.3) is 0 Å². The van der Waals surface area contributed by atoms with Crippen LogP contribution in [0.15, 0.2) is 51.7 Å². The Labute approximate surface area is 97.2 Å². The molecule has 0 aliphatic heterocycles. The molecule has 1 aromatic carbocycles. The average Bonchev–Trinajstić information content (AvgIpc) is 2.74. The maximum atomic E-state index is 6.04. The summed E-state index contributed by atoms with van der Waals surface area (Å²) >= 11 is 3.40. The first-order valence-corrected chi connectivity index (χ1v) is 5.57. The van der Waals surface area contributed by atoms with E-state index in [-0.39, 0.29) is 6.04 Å². The van der Waals surface area contributed by atoms with Crippen LogP contribution in [0.4, 0.5) is 0 Å². The highest BCUT2D eigenvalue weighted by molar-refractivity contribution is 9.10. The Morgan fingerprint density at radius 2 is 1.93 bits per heavy atom. The molecule has 0 aliphatic carbocycles. The zero-order chi connectivity index (χ0) is 10.7. The molecule has 78 valence electrons. The lowest BCUT2D eigenvalue weighted by Crippen LogP contribution is -2.12. The minimum Gasteiger partial charge on any atom is -0.472 e. The first-order chi connectivity index (χ1) is 7.25. The molecule has 0 amide bonds. The van der Waals surface area contributed by atoms with Gasteiger partial charge in [0, 0.05) is 16.1 Å². The zero-order valence-corrected chi connectivity index (χ0v) is 9.78. The van der Waals surface area contributed by atoms with E-state index in [1.54, 1.807) is 12.5 Å². The van der Waals surface area contributed by atoms with Crippen LogP contribution in [0.2, 0.25) is 0 Å². The van der Waals surface area contributed by atoms with E-state index in [4.69, 9.17) is 10.2 Å². The third kappa shape index (κ3) is 2.70. The number of nitrogens with two attached hydrogens (primary N) is 1. The molecule has 1 heterocycles. The normalized spacial score (nSPS) is 12.7. The fourth-order valence-corrected chi connectivity index (χ4v) is 1.74. The van der Waals surface area contributed by atoms with Crippen molar-refractivity contribution < 1.29 is 4.42 Å². The van der Waals surface area contributed by atoms with Crippen molar-refractivity contribution >= 4 is 15.9 Å². The maximum absolute atomic E-state index is 6.04. The molecule has 1 atom stereocenters. The monoisotopic (exact) mass is 265 g/mol. The maximum Gasteiger partial charge on any atom is 0.0950 e. The van der Waals surface area contributed by atoms with Crippen molar-refractivity contribution in [2.45, 2.75) is 12.5 Å². The molecule has 1 aromatic heterocycles. The number of rotatable bonds is 3. The van der Waals surface area contributed by atoms with Crippen molar-refractivity contribution in [1.29, 1.82) is 0 Å². The minimum absolute atomic E-state index is 0.00456. The van der Waals surface area contributed by atoms with Crippen LogP contribution in [-0.2, 0) is 6.42 Å². The number of hydrogen-bond donors (Lipinski definition) is 1. The summed E-state index contributed by atoms with van der Waals surface area (Å²) in [5, 5.41) is 0. The summed E-state index contributed by atoms with van der Waals surface area (Å²) in [6, 6.07) is 10.1. The van der Waals surface area contributed by atoms with Crippen molar-refractivity contribution in [3.05, 3.63) is 58.5 Å². The molecule has 15 heavy (non-hydrogen) atoms. The van der Waals surface area contributed by atoms with E-state index in [0.717, 1.165) is 16.5 Å². The van der Waals surface area contributed by atoms with Gasteiger partial charge in [0.05, 0.1) is 12.5 Å². The van der Waals surface area contributed by atoms with Gasteiger partial charge in [0.1, 0.15) is 0 Å². The van der Waals surface area contributed by atoms with Gasteiger partial charge in [-0.25, -0.2) is 0 Å². The number of hydrogen-bond acceptors (Lipinski definition) is 2. The van der Waals surface area contributed by atoms with Crippen LogP contribution in [0.1, 0.15) is 17.2 Å². The lowest BCUT2D eigenvalue weighted by molar-refractivity contribution is 0.558. The molecule has 0 fully saturated rings. The molecular formula is C12H12BrNO. The molecule has 0 aliphatic rings. The van der Waals surface area contributed by atoms with Crippen LogP contribution < -0.4 is 5.73 Å². The van der Waals surface area contributed by atoms with Crippen molar-refractivity contribution in [2.24, 2.45) is 5.73 Å². The van der Waals surface area contributed by atoms with Crippen molar-refractivity contribution in [2.75, 3.05) is 0 Å². The molecule has 2 aromatic rings. The lowest BCUT2D eigenvalue weighted by Gasteiger charge is -2.09. The molecule has 0 spiro atoms. The Hall–Kier alpha value is -1.06. The van der Waals surface area contributed by atoms with Gasteiger partial charge in [-0.05, 0) is 30.2 Å².